The van der Waals surface area contributed by atoms with Gasteiger partial charge in [0.15, 0.2) is 0 Å². The lowest BCUT2D eigenvalue weighted by Gasteiger charge is -2.20. The predicted octanol–water partition coefficient (Wildman–Crippen LogP) is 0.500. The lowest BCUT2D eigenvalue weighted by Crippen LogP contribution is -2.35. The first-order valence-electron chi connectivity index (χ1n) is 6.22. The standard InChI is InChI=1S/C13H18BNO6/c1-13(2,3)21-12(17)15-10-7-8(11(16)20-4)5-6-9(10)14(18)19/h5-7,18-19H,1-4H3,(H,15,17). The zero-order valence-corrected chi connectivity index (χ0v) is 12.3. The van der Waals surface area contributed by atoms with Gasteiger partial charge in [-0.3, -0.25) is 5.32 Å². The van der Waals surface area contributed by atoms with Crippen molar-refractivity contribution in [2.75, 3.05) is 12.4 Å². The molecule has 0 atom stereocenters. The van der Waals surface area contributed by atoms with Gasteiger partial charge in [-0.05, 0) is 32.9 Å². The molecule has 8 heteroatoms. The topological polar surface area (TPSA) is 105 Å². The average molecular weight is 295 g/mol. The highest BCUT2D eigenvalue weighted by molar-refractivity contribution is 6.60. The SMILES string of the molecule is COC(=O)c1ccc(B(O)O)c(NC(=O)OC(C)(C)C)c1. The van der Waals surface area contributed by atoms with Crippen molar-refractivity contribution < 1.29 is 29.1 Å². The van der Waals surface area contributed by atoms with Crippen LogP contribution in [0.3, 0.4) is 0 Å². The molecule has 0 radical (unpaired) electrons. The van der Waals surface area contributed by atoms with Crippen molar-refractivity contribution in [3.05, 3.63) is 23.8 Å². The molecule has 1 aromatic rings. The molecule has 0 bridgehead atoms. The van der Waals surface area contributed by atoms with E-state index in [1.807, 2.05) is 0 Å². The Morgan fingerprint density at radius 2 is 1.86 bits per heavy atom. The minimum Gasteiger partial charge on any atom is -0.465 e. The van der Waals surface area contributed by atoms with Gasteiger partial charge >= 0.3 is 19.2 Å². The number of hydrogen-bond acceptors (Lipinski definition) is 6. The van der Waals surface area contributed by atoms with Crippen molar-refractivity contribution >= 4 is 30.3 Å². The Balaban J connectivity index is 3.07. The minimum absolute atomic E-state index is 0.0357. The van der Waals surface area contributed by atoms with Gasteiger partial charge in [-0.2, -0.15) is 0 Å². The van der Waals surface area contributed by atoms with Crippen LogP contribution in [0.4, 0.5) is 10.5 Å². The predicted molar refractivity (Wildman–Crippen MR) is 77.5 cm³/mol. The average Bonchev–Trinajstić information content (AvgIpc) is 2.34. The molecular formula is C13H18BNO6. The van der Waals surface area contributed by atoms with E-state index in [-0.39, 0.29) is 16.7 Å². The van der Waals surface area contributed by atoms with E-state index in [1.165, 1.54) is 25.3 Å². The number of nitrogens with one attached hydrogen (secondary N) is 1. The van der Waals surface area contributed by atoms with E-state index in [0.29, 0.717) is 0 Å². The van der Waals surface area contributed by atoms with Crippen LogP contribution in [0.5, 0.6) is 0 Å². The molecule has 0 heterocycles. The van der Waals surface area contributed by atoms with E-state index in [1.54, 1.807) is 20.8 Å². The number of amides is 1. The van der Waals surface area contributed by atoms with Gasteiger partial charge in [-0.15, -0.1) is 0 Å². The van der Waals surface area contributed by atoms with Crippen LogP contribution in [0.2, 0.25) is 0 Å². The Morgan fingerprint density at radius 3 is 2.33 bits per heavy atom. The van der Waals surface area contributed by atoms with Gasteiger partial charge in [0, 0.05) is 11.2 Å². The number of anilines is 1. The van der Waals surface area contributed by atoms with Crippen LogP contribution in [-0.2, 0) is 9.47 Å². The Labute approximate surface area is 123 Å². The Morgan fingerprint density at radius 1 is 1.24 bits per heavy atom. The molecule has 1 rings (SSSR count). The van der Waals surface area contributed by atoms with Gasteiger partial charge in [0.1, 0.15) is 5.60 Å². The molecule has 7 nitrogen and oxygen atoms in total. The van der Waals surface area contributed by atoms with E-state index in [9.17, 15) is 19.6 Å². The number of carbonyl (C=O) groups is 2. The van der Waals surface area contributed by atoms with Crippen LogP contribution >= 0.6 is 0 Å². The van der Waals surface area contributed by atoms with Crippen LogP contribution in [0.1, 0.15) is 31.1 Å². The summed E-state index contributed by atoms with van der Waals surface area (Å²) in [5.74, 6) is -0.610. The maximum absolute atomic E-state index is 11.7. The largest absolute Gasteiger partial charge is 0.490 e. The third kappa shape index (κ3) is 5.09. The van der Waals surface area contributed by atoms with Crippen molar-refractivity contribution in [2.24, 2.45) is 0 Å². The van der Waals surface area contributed by atoms with Crippen molar-refractivity contribution in [2.45, 2.75) is 26.4 Å². The highest BCUT2D eigenvalue weighted by Crippen LogP contribution is 2.13. The second kappa shape index (κ2) is 6.60. The molecule has 21 heavy (non-hydrogen) atoms. The highest BCUT2D eigenvalue weighted by atomic mass is 16.6. The summed E-state index contributed by atoms with van der Waals surface area (Å²) in [6.45, 7) is 5.08. The summed E-state index contributed by atoms with van der Waals surface area (Å²) in [7, 11) is -0.584. The number of hydrogen-bond donors (Lipinski definition) is 3. The van der Waals surface area contributed by atoms with Gasteiger partial charge in [0.05, 0.1) is 12.7 Å². The smallest absolute Gasteiger partial charge is 0.465 e. The minimum atomic E-state index is -1.80. The first-order chi connectivity index (χ1) is 9.64. The van der Waals surface area contributed by atoms with E-state index < -0.39 is 24.8 Å². The molecule has 0 aliphatic heterocycles. The number of methoxy groups -OCH3 is 1. The lowest BCUT2D eigenvalue weighted by atomic mass is 9.78. The molecule has 0 spiro atoms. The summed E-state index contributed by atoms with van der Waals surface area (Å²) in [5, 5.41) is 20.9. The lowest BCUT2D eigenvalue weighted by molar-refractivity contribution is 0.0596. The van der Waals surface area contributed by atoms with Crippen LogP contribution in [0.15, 0.2) is 18.2 Å². The molecule has 3 N–H and O–H groups in total. The summed E-state index contributed by atoms with van der Waals surface area (Å²) >= 11 is 0. The van der Waals surface area contributed by atoms with E-state index in [2.05, 4.69) is 10.1 Å². The molecule has 1 amide bonds. The summed E-state index contributed by atoms with van der Waals surface area (Å²) < 4.78 is 9.64. The number of esters is 1. The fraction of sp³-hybridized carbons (Fsp3) is 0.385. The van der Waals surface area contributed by atoms with E-state index in [4.69, 9.17) is 4.74 Å². The summed E-state index contributed by atoms with van der Waals surface area (Å²) in [4.78, 5) is 23.2. The van der Waals surface area contributed by atoms with Crippen molar-refractivity contribution in [1.82, 2.24) is 0 Å². The van der Waals surface area contributed by atoms with Gasteiger partial charge in [-0.1, -0.05) is 6.07 Å². The van der Waals surface area contributed by atoms with E-state index in [0.717, 1.165) is 0 Å². The molecular weight excluding hydrogens is 277 g/mol. The van der Waals surface area contributed by atoms with Crippen LogP contribution < -0.4 is 10.8 Å². The zero-order valence-electron chi connectivity index (χ0n) is 12.3. The van der Waals surface area contributed by atoms with Crippen LogP contribution in [0.25, 0.3) is 0 Å². The molecule has 0 saturated carbocycles. The van der Waals surface area contributed by atoms with Crippen LogP contribution in [-0.4, -0.2) is 41.9 Å². The Bertz CT molecular complexity index is 538. The zero-order chi connectivity index (χ0) is 16.2. The Kier molecular flexibility index (Phi) is 5.34. The molecule has 0 unspecified atom stereocenters. The van der Waals surface area contributed by atoms with Gasteiger partial charge < -0.3 is 19.5 Å². The Hall–Kier alpha value is -2.06. The van der Waals surface area contributed by atoms with Gasteiger partial charge in [0.25, 0.3) is 0 Å². The summed E-state index contributed by atoms with van der Waals surface area (Å²) in [5.41, 5.74) is -0.453. The molecule has 114 valence electrons. The maximum Gasteiger partial charge on any atom is 0.490 e. The number of benzene rings is 1. The second-order valence-corrected chi connectivity index (χ2v) is 5.29. The summed E-state index contributed by atoms with van der Waals surface area (Å²) in [6, 6.07) is 3.95. The number of carbonyl (C=O) groups excluding carboxylic acids is 2. The second-order valence-electron chi connectivity index (χ2n) is 5.29. The number of rotatable bonds is 3. The van der Waals surface area contributed by atoms with Crippen molar-refractivity contribution in [3.8, 4) is 0 Å². The molecule has 0 aromatic heterocycles. The monoisotopic (exact) mass is 295 g/mol. The maximum atomic E-state index is 11.7. The number of ether oxygens (including phenoxy) is 2. The van der Waals surface area contributed by atoms with E-state index >= 15 is 0 Å². The molecule has 0 saturated heterocycles. The molecule has 0 aliphatic rings. The third-order valence-electron chi connectivity index (χ3n) is 2.39. The normalized spacial score (nSPS) is 10.8. The van der Waals surface area contributed by atoms with Crippen LogP contribution in [0, 0.1) is 0 Å². The van der Waals surface area contributed by atoms with Crippen molar-refractivity contribution in [1.29, 1.82) is 0 Å². The van der Waals surface area contributed by atoms with Crippen molar-refractivity contribution in [3.63, 3.8) is 0 Å². The quantitative estimate of drug-likeness (QED) is 0.554. The van der Waals surface area contributed by atoms with Gasteiger partial charge in [-0.25, -0.2) is 9.59 Å². The fourth-order valence-corrected chi connectivity index (χ4v) is 1.55. The molecule has 0 fully saturated rings. The summed E-state index contributed by atoms with van der Waals surface area (Å²) in [6.07, 6.45) is -0.772. The molecule has 1 aromatic carbocycles. The fourth-order valence-electron chi connectivity index (χ4n) is 1.55. The highest BCUT2D eigenvalue weighted by Gasteiger charge is 2.22. The van der Waals surface area contributed by atoms with Gasteiger partial charge in [0.2, 0.25) is 0 Å². The first kappa shape index (κ1) is 17.0. The first-order valence-corrected chi connectivity index (χ1v) is 6.22. The third-order valence-corrected chi connectivity index (χ3v) is 2.39. The molecule has 0 aliphatic carbocycles.